The summed E-state index contributed by atoms with van der Waals surface area (Å²) in [6, 6.07) is 14.4. The molecule has 1 N–H and O–H groups in total. The summed E-state index contributed by atoms with van der Waals surface area (Å²) in [4.78, 5) is 24.7. The molecular weight excluding hydrogens is 384 g/mol. The van der Waals surface area contributed by atoms with E-state index < -0.39 is 18.5 Å². The van der Waals surface area contributed by atoms with Crippen LogP contribution in [0.2, 0.25) is 0 Å². The molecule has 8 nitrogen and oxygen atoms in total. The van der Waals surface area contributed by atoms with Gasteiger partial charge in [0.25, 0.3) is 5.91 Å². The summed E-state index contributed by atoms with van der Waals surface area (Å²) in [5, 5.41) is 11.7. The van der Waals surface area contributed by atoms with Crippen LogP contribution >= 0.6 is 0 Å². The first-order valence-corrected chi connectivity index (χ1v) is 9.36. The van der Waals surface area contributed by atoms with Crippen LogP contribution in [0.25, 0.3) is 22.2 Å². The maximum Gasteiger partial charge on any atom is 0.338 e. The third-order valence-corrected chi connectivity index (χ3v) is 4.86. The number of esters is 1. The lowest BCUT2D eigenvalue weighted by molar-refractivity contribution is -0.119. The van der Waals surface area contributed by atoms with Gasteiger partial charge in [0.15, 0.2) is 12.4 Å². The lowest BCUT2D eigenvalue weighted by Crippen LogP contribution is -2.21. The van der Waals surface area contributed by atoms with E-state index in [1.807, 2.05) is 37.3 Å². The second-order valence-electron chi connectivity index (χ2n) is 6.90. The van der Waals surface area contributed by atoms with Crippen molar-refractivity contribution in [3.8, 4) is 11.3 Å². The molecular formula is C22H20N4O4. The van der Waals surface area contributed by atoms with Gasteiger partial charge in [-0.3, -0.25) is 9.48 Å². The number of hydrogen-bond acceptors (Lipinski definition) is 6. The number of anilines is 1. The lowest BCUT2D eigenvalue weighted by Gasteiger charge is -2.07. The van der Waals surface area contributed by atoms with Gasteiger partial charge in [-0.05, 0) is 32.0 Å². The molecule has 0 bridgehead atoms. The van der Waals surface area contributed by atoms with Gasteiger partial charge in [-0.25, -0.2) is 4.79 Å². The fourth-order valence-electron chi connectivity index (χ4n) is 3.21. The van der Waals surface area contributed by atoms with E-state index in [9.17, 15) is 9.59 Å². The number of ether oxygens (including phenoxy) is 1. The molecule has 0 aliphatic heterocycles. The first-order valence-electron chi connectivity index (χ1n) is 9.36. The highest BCUT2D eigenvalue weighted by atomic mass is 16.5. The Bertz CT molecular complexity index is 1240. The fourth-order valence-corrected chi connectivity index (χ4v) is 3.21. The highest BCUT2D eigenvalue weighted by Gasteiger charge is 2.17. The number of amides is 1. The summed E-state index contributed by atoms with van der Waals surface area (Å²) >= 11 is 0. The third kappa shape index (κ3) is 3.67. The quantitative estimate of drug-likeness (QED) is 0.510. The van der Waals surface area contributed by atoms with Gasteiger partial charge in [0.2, 0.25) is 0 Å². The Labute approximate surface area is 172 Å². The molecule has 0 saturated heterocycles. The smallest absolute Gasteiger partial charge is 0.338 e. The van der Waals surface area contributed by atoms with Crippen LogP contribution in [0.3, 0.4) is 0 Å². The van der Waals surface area contributed by atoms with Crippen LogP contribution in [0.5, 0.6) is 0 Å². The molecule has 30 heavy (non-hydrogen) atoms. The Kier molecular flexibility index (Phi) is 5.05. The third-order valence-electron chi connectivity index (χ3n) is 4.86. The summed E-state index contributed by atoms with van der Waals surface area (Å²) in [6.45, 7) is 3.24. The van der Waals surface area contributed by atoms with Crippen molar-refractivity contribution in [3.05, 3.63) is 65.5 Å². The van der Waals surface area contributed by atoms with Gasteiger partial charge in [0, 0.05) is 12.6 Å². The molecule has 8 heteroatoms. The predicted octanol–water partition coefficient (Wildman–Crippen LogP) is 3.64. The van der Waals surface area contributed by atoms with E-state index in [0.29, 0.717) is 33.6 Å². The zero-order valence-electron chi connectivity index (χ0n) is 16.8. The van der Waals surface area contributed by atoms with E-state index in [0.717, 1.165) is 11.3 Å². The molecule has 0 saturated carbocycles. The average Bonchev–Trinajstić information content (AvgIpc) is 3.28. The summed E-state index contributed by atoms with van der Waals surface area (Å²) in [5.74, 6) is -0.467. The van der Waals surface area contributed by atoms with Gasteiger partial charge in [0.05, 0.1) is 28.0 Å². The zero-order chi connectivity index (χ0) is 21.3. The summed E-state index contributed by atoms with van der Waals surface area (Å²) in [6.07, 6.45) is 0. The second kappa shape index (κ2) is 7.82. The van der Waals surface area contributed by atoms with E-state index >= 15 is 0 Å². The highest BCUT2D eigenvalue weighted by Crippen LogP contribution is 2.29. The number of rotatable bonds is 5. The number of aromatic nitrogens is 3. The van der Waals surface area contributed by atoms with Crippen molar-refractivity contribution < 1.29 is 18.8 Å². The van der Waals surface area contributed by atoms with E-state index in [1.54, 1.807) is 36.9 Å². The number of benzene rings is 2. The minimum Gasteiger partial charge on any atom is -0.452 e. The fraction of sp³-hybridized carbons (Fsp3) is 0.182. The van der Waals surface area contributed by atoms with Crippen molar-refractivity contribution in [1.29, 1.82) is 0 Å². The van der Waals surface area contributed by atoms with Crippen molar-refractivity contribution in [2.45, 2.75) is 13.8 Å². The molecule has 0 unspecified atom stereocenters. The predicted molar refractivity (Wildman–Crippen MR) is 111 cm³/mol. The molecule has 152 valence electrons. The van der Waals surface area contributed by atoms with Gasteiger partial charge in [0.1, 0.15) is 5.52 Å². The van der Waals surface area contributed by atoms with E-state index in [1.165, 1.54) is 0 Å². The molecule has 4 rings (SSSR count). The number of fused-ring (bicyclic) bond motifs is 1. The highest BCUT2D eigenvalue weighted by molar-refractivity contribution is 6.00. The molecule has 0 fully saturated rings. The standard InChI is InChI=1S/C22H20N4O4/c1-13-20(14(2)26(3)24-13)23-19(27)12-29-22(28)16-9-10-18-17(11-16)21(30-25-18)15-7-5-4-6-8-15/h4-11H,12H2,1-3H3,(H,23,27). The first-order chi connectivity index (χ1) is 14.4. The minimum absolute atomic E-state index is 0.310. The van der Waals surface area contributed by atoms with Crippen LogP contribution in [0, 0.1) is 13.8 Å². The molecule has 0 radical (unpaired) electrons. The molecule has 4 aromatic rings. The van der Waals surface area contributed by atoms with Gasteiger partial charge in [-0.15, -0.1) is 0 Å². The van der Waals surface area contributed by atoms with Crippen LogP contribution in [-0.4, -0.2) is 33.4 Å². The number of aryl methyl sites for hydroxylation is 2. The number of nitrogens with zero attached hydrogens (tertiary/aromatic N) is 3. The van der Waals surface area contributed by atoms with Crippen molar-refractivity contribution >= 4 is 28.5 Å². The summed E-state index contributed by atoms with van der Waals surface area (Å²) < 4.78 is 12.3. The number of nitrogens with one attached hydrogen (secondary N) is 1. The van der Waals surface area contributed by atoms with E-state index in [2.05, 4.69) is 15.6 Å². The lowest BCUT2D eigenvalue weighted by atomic mass is 10.1. The number of hydrogen-bond donors (Lipinski definition) is 1. The van der Waals surface area contributed by atoms with Crippen LogP contribution in [0.15, 0.2) is 53.1 Å². The summed E-state index contributed by atoms with van der Waals surface area (Å²) in [7, 11) is 1.79. The number of carbonyl (C=O) groups excluding carboxylic acids is 2. The Balaban J connectivity index is 1.47. The topological polar surface area (TPSA) is 99.2 Å². The monoisotopic (exact) mass is 404 g/mol. The van der Waals surface area contributed by atoms with Gasteiger partial charge < -0.3 is 14.6 Å². The van der Waals surface area contributed by atoms with E-state index in [-0.39, 0.29) is 0 Å². The van der Waals surface area contributed by atoms with Crippen LogP contribution in [0.4, 0.5) is 5.69 Å². The largest absolute Gasteiger partial charge is 0.452 e. The van der Waals surface area contributed by atoms with Gasteiger partial charge in [-0.1, -0.05) is 35.5 Å². The van der Waals surface area contributed by atoms with Crippen molar-refractivity contribution in [2.75, 3.05) is 11.9 Å². The molecule has 2 heterocycles. The number of carbonyl (C=O) groups is 2. The zero-order valence-corrected chi connectivity index (χ0v) is 16.8. The van der Waals surface area contributed by atoms with Crippen LogP contribution in [-0.2, 0) is 16.6 Å². The SMILES string of the molecule is Cc1nn(C)c(C)c1NC(=O)COC(=O)c1ccc2noc(-c3ccccc3)c2c1. The molecule has 0 atom stereocenters. The molecule has 2 aromatic carbocycles. The Hall–Kier alpha value is -3.94. The minimum atomic E-state index is -0.605. The van der Waals surface area contributed by atoms with Crippen molar-refractivity contribution in [2.24, 2.45) is 7.05 Å². The van der Waals surface area contributed by atoms with Crippen LogP contribution < -0.4 is 5.32 Å². The van der Waals surface area contributed by atoms with Crippen molar-refractivity contribution in [3.63, 3.8) is 0 Å². The molecule has 0 spiro atoms. The molecule has 0 aliphatic rings. The Morgan fingerprint density at radius 2 is 1.90 bits per heavy atom. The molecule has 1 amide bonds. The first kappa shape index (κ1) is 19.4. The summed E-state index contributed by atoms with van der Waals surface area (Å²) in [5.41, 5.74) is 3.93. The molecule has 2 aromatic heterocycles. The van der Waals surface area contributed by atoms with Gasteiger partial charge >= 0.3 is 5.97 Å². The Morgan fingerprint density at radius 3 is 2.60 bits per heavy atom. The normalized spacial score (nSPS) is 10.9. The second-order valence-corrected chi connectivity index (χ2v) is 6.90. The maximum absolute atomic E-state index is 12.5. The average molecular weight is 404 g/mol. The van der Waals surface area contributed by atoms with E-state index in [4.69, 9.17) is 9.26 Å². The molecule has 0 aliphatic carbocycles. The maximum atomic E-state index is 12.5. The van der Waals surface area contributed by atoms with Crippen LogP contribution in [0.1, 0.15) is 21.7 Å². The van der Waals surface area contributed by atoms with Crippen molar-refractivity contribution in [1.82, 2.24) is 14.9 Å². The van der Waals surface area contributed by atoms with Gasteiger partial charge in [-0.2, -0.15) is 5.10 Å². The Morgan fingerprint density at radius 1 is 1.13 bits per heavy atom.